The summed E-state index contributed by atoms with van der Waals surface area (Å²) >= 11 is 0. The Morgan fingerprint density at radius 1 is 1.47 bits per heavy atom. The fourth-order valence-electron chi connectivity index (χ4n) is 1.47. The van der Waals surface area contributed by atoms with Crippen molar-refractivity contribution in [2.45, 2.75) is 25.1 Å². The average molecular weight is 245 g/mol. The van der Waals surface area contributed by atoms with Crippen LogP contribution in [0, 0.1) is 0 Å². The summed E-state index contributed by atoms with van der Waals surface area (Å²) in [5, 5.41) is 0.853. The molecule has 1 amide bonds. The van der Waals surface area contributed by atoms with Gasteiger partial charge >= 0.3 is 6.18 Å². The number of nitrogens with zero attached hydrogens (tertiary/aromatic N) is 2. The van der Waals surface area contributed by atoms with E-state index in [9.17, 15) is 18.0 Å². The monoisotopic (exact) mass is 245 g/mol. The van der Waals surface area contributed by atoms with Gasteiger partial charge in [-0.25, -0.2) is 5.84 Å². The molecular weight excluding hydrogens is 235 g/mol. The number of pyridine rings is 1. The first-order chi connectivity index (χ1) is 7.91. The van der Waals surface area contributed by atoms with Crippen LogP contribution in [0.15, 0.2) is 18.5 Å². The number of carbonyl (C=O) groups excluding carboxylic acids is 1. The maximum atomic E-state index is 12.6. The standard InChI is InChI=1S/C10H10F3N3O/c11-10(12,13)8-3-4-15-5-7(8)9(17)16(14)6-1-2-6/h3-6H,1-2,14H2. The van der Waals surface area contributed by atoms with Gasteiger partial charge in [0.15, 0.2) is 0 Å². The van der Waals surface area contributed by atoms with Gasteiger partial charge in [0.1, 0.15) is 0 Å². The zero-order valence-corrected chi connectivity index (χ0v) is 8.74. The zero-order chi connectivity index (χ0) is 12.6. The van der Waals surface area contributed by atoms with E-state index in [-0.39, 0.29) is 6.04 Å². The molecule has 0 radical (unpaired) electrons. The lowest BCUT2D eigenvalue weighted by atomic mass is 10.1. The number of rotatable bonds is 2. The lowest BCUT2D eigenvalue weighted by molar-refractivity contribution is -0.138. The molecule has 4 nitrogen and oxygen atoms in total. The van der Waals surface area contributed by atoms with Gasteiger partial charge in [-0.05, 0) is 18.9 Å². The molecule has 0 aromatic carbocycles. The van der Waals surface area contributed by atoms with Crippen molar-refractivity contribution in [3.8, 4) is 0 Å². The minimum absolute atomic E-state index is 0.149. The van der Waals surface area contributed by atoms with Gasteiger partial charge in [-0.3, -0.25) is 14.8 Å². The summed E-state index contributed by atoms with van der Waals surface area (Å²) in [6.45, 7) is 0. The largest absolute Gasteiger partial charge is 0.417 e. The molecule has 2 rings (SSSR count). The van der Waals surface area contributed by atoms with Gasteiger partial charge in [0.25, 0.3) is 5.91 Å². The molecule has 1 aromatic rings. The smallest absolute Gasteiger partial charge is 0.273 e. The molecule has 0 bridgehead atoms. The summed E-state index contributed by atoms with van der Waals surface area (Å²) in [6.07, 6.45) is -1.24. The molecule has 1 aromatic heterocycles. The van der Waals surface area contributed by atoms with E-state index in [0.29, 0.717) is 0 Å². The summed E-state index contributed by atoms with van der Waals surface area (Å²) < 4.78 is 37.9. The van der Waals surface area contributed by atoms with Gasteiger partial charge in [0.05, 0.1) is 11.1 Å². The van der Waals surface area contributed by atoms with Crippen molar-refractivity contribution in [1.29, 1.82) is 0 Å². The van der Waals surface area contributed by atoms with Crippen LogP contribution in [0.1, 0.15) is 28.8 Å². The topological polar surface area (TPSA) is 59.2 Å². The third kappa shape index (κ3) is 2.38. The first kappa shape index (κ1) is 11.8. The number of hydrogen-bond donors (Lipinski definition) is 1. The van der Waals surface area contributed by atoms with E-state index in [2.05, 4.69) is 4.98 Å². The molecular formula is C10H10F3N3O. The summed E-state index contributed by atoms with van der Waals surface area (Å²) in [5.74, 6) is 4.62. The van der Waals surface area contributed by atoms with Crippen molar-refractivity contribution in [1.82, 2.24) is 9.99 Å². The van der Waals surface area contributed by atoms with Crippen molar-refractivity contribution in [2.75, 3.05) is 0 Å². The molecule has 1 aliphatic carbocycles. The molecule has 7 heteroatoms. The van der Waals surface area contributed by atoms with E-state index in [1.807, 2.05) is 0 Å². The molecule has 0 aliphatic heterocycles. The highest BCUT2D eigenvalue weighted by Gasteiger charge is 2.38. The van der Waals surface area contributed by atoms with E-state index in [0.717, 1.165) is 36.3 Å². The predicted octanol–water partition coefficient (Wildman–Crippen LogP) is 1.58. The number of alkyl halides is 3. The molecule has 0 spiro atoms. The Labute approximate surface area is 95.2 Å². The number of nitrogens with two attached hydrogens (primary N) is 1. The predicted molar refractivity (Wildman–Crippen MR) is 52.6 cm³/mol. The Balaban J connectivity index is 2.34. The average Bonchev–Trinajstić information content (AvgIpc) is 3.10. The quantitative estimate of drug-likeness (QED) is 0.489. The summed E-state index contributed by atoms with van der Waals surface area (Å²) in [4.78, 5) is 15.3. The Kier molecular flexibility index (Phi) is 2.78. The molecule has 1 saturated carbocycles. The number of carbonyl (C=O) groups is 1. The van der Waals surface area contributed by atoms with Crippen LogP contribution >= 0.6 is 0 Å². The number of hydrogen-bond acceptors (Lipinski definition) is 3. The highest BCUT2D eigenvalue weighted by atomic mass is 19.4. The van der Waals surface area contributed by atoms with E-state index in [4.69, 9.17) is 5.84 Å². The molecule has 1 aliphatic rings. The van der Waals surface area contributed by atoms with Crippen molar-refractivity contribution < 1.29 is 18.0 Å². The maximum Gasteiger partial charge on any atom is 0.417 e. The minimum atomic E-state index is -4.58. The molecule has 1 fully saturated rings. The first-order valence-electron chi connectivity index (χ1n) is 5.00. The Hall–Kier alpha value is -1.63. The summed E-state index contributed by atoms with van der Waals surface area (Å²) in [6, 6.07) is 0.623. The number of halogens is 3. The molecule has 0 saturated heterocycles. The van der Waals surface area contributed by atoms with Gasteiger partial charge in [-0.15, -0.1) is 0 Å². The fraction of sp³-hybridized carbons (Fsp3) is 0.400. The van der Waals surface area contributed by atoms with Crippen LogP contribution in [0.3, 0.4) is 0 Å². The Morgan fingerprint density at radius 3 is 2.65 bits per heavy atom. The van der Waals surface area contributed by atoms with Gasteiger partial charge in [0.2, 0.25) is 0 Å². The molecule has 17 heavy (non-hydrogen) atoms. The first-order valence-corrected chi connectivity index (χ1v) is 5.00. The molecule has 2 N–H and O–H groups in total. The number of hydrazine groups is 1. The van der Waals surface area contributed by atoms with Crippen molar-refractivity contribution in [2.24, 2.45) is 5.84 Å². The van der Waals surface area contributed by atoms with E-state index < -0.39 is 23.2 Å². The van der Waals surface area contributed by atoms with E-state index in [1.54, 1.807) is 0 Å². The van der Waals surface area contributed by atoms with Crippen LogP contribution in [0.2, 0.25) is 0 Å². The normalized spacial score (nSPS) is 15.8. The highest BCUT2D eigenvalue weighted by Crippen LogP contribution is 2.33. The summed E-state index contributed by atoms with van der Waals surface area (Å²) in [7, 11) is 0. The number of aromatic nitrogens is 1. The van der Waals surface area contributed by atoms with Crippen molar-refractivity contribution in [3.05, 3.63) is 29.6 Å². The fourth-order valence-corrected chi connectivity index (χ4v) is 1.47. The van der Waals surface area contributed by atoms with Gasteiger partial charge < -0.3 is 0 Å². The SMILES string of the molecule is NN(C(=O)c1cnccc1C(F)(F)F)C1CC1. The lowest BCUT2D eigenvalue weighted by Crippen LogP contribution is -2.40. The van der Waals surface area contributed by atoms with Crippen LogP contribution in [0.5, 0.6) is 0 Å². The molecule has 92 valence electrons. The molecule has 0 atom stereocenters. The van der Waals surface area contributed by atoms with Gasteiger partial charge in [-0.1, -0.05) is 0 Å². The summed E-state index contributed by atoms with van der Waals surface area (Å²) in [5.41, 5.74) is -1.51. The zero-order valence-electron chi connectivity index (χ0n) is 8.74. The molecule has 1 heterocycles. The second-order valence-electron chi connectivity index (χ2n) is 3.86. The maximum absolute atomic E-state index is 12.6. The van der Waals surface area contributed by atoms with E-state index >= 15 is 0 Å². The minimum Gasteiger partial charge on any atom is -0.273 e. The number of amides is 1. The molecule has 0 unspecified atom stereocenters. The van der Waals surface area contributed by atoms with Gasteiger partial charge in [0, 0.05) is 18.4 Å². The van der Waals surface area contributed by atoms with Crippen molar-refractivity contribution in [3.63, 3.8) is 0 Å². The third-order valence-corrected chi connectivity index (χ3v) is 2.53. The second-order valence-corrected chi connectivity index (χ2v) is 3.86. The van der Waals surface area contributed by atoms with Crippen LogP contribution in [-0.4, -0.2) is 21.9 Å². The second kappa shape index (κ2) is 3.99. The highest BCUT2D eigenvalue weighted by molar-refractivity contribution is 5.95. The van der Waals surface area contributed by atoms with E-state index in [1.165, 1.54) is 0 Å². The van der Waals surface area contributed by atoms with Crippen LogP contribution in [0.25, 0.3) is 0 Å². The Bertz CT molecular complexity index is 443. The third-order valence-electron chi connectivity index (χ3n) is 2.53. The lowest BCUT2D eigenvalue weighted by Gasteiger charge is -2.18. The van der Waals surface area contributed by atoms with Gasteiger partial charge in [-0.2, -0.15) is 13.2 Å². The van der Waals surface area contributed by atoms with Crippen LogP contribution < -0.4 is 5.84 Å². The Morgan fingerprint density at radius 2 is 2.12 bits per heavy atom. The van der Waals surface area contributed by atoms with Crippen LogP contribution in [-0.2, 0) is 6.18 Å². The van der Waals surface area contributed by atoms with Crippen LogP contribution in [0.4, 0.5) is 13.2 Å². The van der Waals surface area contributed by atoms with Crippen molar-refractivity contribution >= 4 is 5.91 Å².